The summed E-state index contributed by atoms with van der Waals surface area (Å²) in [5.74, 6) is -0.952. The molecule has 230 valence electrons. The molecule has 2 amide bonds. The fourth-order valence-corrected chi connectivity index (χ4v) is 8.63. The number of aromatic nitrogens is 3. The number of carbonyl (C=O) groups is 3. The van der Waals surface area contributed by atoms with Crippen LogP contribution in [0.5, 0.6) is 0 Å². The Hall–Kier alpha value is -3.99. The molecule has 0 unspecified atom stereocenters. The SMILES string of the molecule is Cc1cc(N2CC[C@](C)(c3ccccc3)C2)cn2nc(C(=O)N3CC[C@@]4(CCN(C(=O)C56COC(C(=O)O)(C5)C6)C4)C3)nc12. The number of likely N-dealkylation sites (tertiary alicyclic amines) is 2. The first-order valence-corrected chi connectivity index (χ1v) is 15.7. The molecule has 1 aliphatic carbocycles. The lowest BCUT2D eigenvalue weighted by atomic mass is 9.61. The van der Waals surface area contributed by atoms with Crippen LogP contribution in [0.15, 0.2) is 42.6 Å². The van der Waals surface area contributed by atoms with Gasteiger partial charge in [-0.15, -0.1) is 5.10 Å². The number of amides is 2. The summed E-state index contributed by atoms with van der Waals surface area (Å²) in [5.41, 5.74) is 2.12. The lowest BCUT2D eigenvalue weighted by Gasteiger charge is -2.42. The Morgan fingerprint density at radius 3 is 2.41 bits per heavy atom. The Labute approximate surface area is 255 Å². The minimum atomic E-state index is -1.18. The summed E-state index contributed by atoms with van der Waals surface area (Å²) < 4.78 is 7.30. The Morgan fingerprint density at radius 1 is 0.955 bits per heavy atom. The van der Waals surface area contributed by atoms with Gasteiger partial charge in [0.25, 0.3) is 5.91 Å². The van der Waals surface area contributed by atoms with Crippen LogP contribution in [0, 0.1) is 17.8 Å². The first-order chi connectivity index (χ1) is 21.0. The van der Waals surface area contributed by atoms with E-state index < -0.39 is 17.0 Å². The van der Waals surface area contributed by atoms with E-state index in [1.807, 2.05) is 22.9 Å². The van der Waals surface area contributed by atoms with Gasteiger partial charge in [-0.1, -0.05) is 37.3 Å². The van der Waals surface area contributed by atoms with E-state index in [1.165, 1.54) is 5.56 Å². The molecule has 1 saturated carbocycles. The molecule has 1 spiro atoms. The van der Waals surface area contributed by atoms with Gasteiger partial charge in [0.2, 0.25) is 11.7 Å². The first-order valence-electron chi connectivity index (χ1n) is 15.7. The zero-order valence-electron chi connectivity index (χ0n) is 25.3. The van der Waals surface area contributed by atoms with Crippen molar-refractivity contribution in [2.45, 2.75) is 57.0 Å². The van der Waals surface area contributed by atoms with Gasteiger partial charge in [-0.3, -0.25) is 9.59 Å². The lowest BCUT2D eigenvalue weighted by molar-refractivity contribution is -0.167. The maximum absolute atomic E-state index is 13.7. The van der Waals surface area contributed by atoms with Gasteiger partial charge in [0.05, 0.1) is 23.9 Å². The third-order valence-corrected chi connectivity index (χ3v) is 11.3. The van der Waals surface area contributed by atoms with Crippen molar-refractivity contribution in [2.75, 3.05) is 50.8 Å². The number of nitrogens with zero attached hydrogens (tertiary/aromatic N) is 6. The number of rotatable bonds is 5. The standard InChI is InChI=1S/C33H38N6O5/c1-22-14-24(36-11-8-30(2,18-36)23-6-4-3-5-7-23)15-39-26(22)34-25(35-39)27(40)37-12-9-31(19-37)10-13-38(20-31)28(41)32-16-33(17-32,29(42)43)44-21-32/h3-7,14-15H,8-13,16-21H2,1-2H3,(H,42,43)/t30-,31+,32?,33?/m0/s1. The quantitative estimate of drug-likeness (QED) is 0.476. The Bertz CT molecular complexity index is 1700. The molecule has 0 radical (unpaired) electrons. The molecular formula is C33H38N6O5. The van der Waals surface area contributed by atoms with Gasteiger partial charge in [-0.2, -0.15) is 0 Å². The Kier molecular flexibility index (Phi) is 5.80. The molecule has 11 heteroatoms. The van der Waals surface area contributed by atoms with E-state index in [2.05, 4.69) is 58.3 Å². The smallest absolute Gasteiger partial charge is 0.336 e. The number of benzene rings is 1. The highest BCUT2D eigenvalue weighted by atomic mass is 16.5. The molecule has 2 aromatic heterocycles. The van der Waals surface area contributed by atoms with Crippen LogP contribution in [0.3, 0.4) is 0 Å². The van der Waals surface area contributed by atoms with E-state index in [0.717, 1.165) is 43.6 Å². The van der Waals surface area contributed by atoms with Gasteiger partial charge in [-0.25, -0.2) is 14.3 Å². The Balaban J connectivity index is 0.947. The van der Waals surface area contributed by atoms with Crippen molar-refractivity contribution in [3.05, 3.63) is 59.5 Å². The summed E-state index contributed by atoms with van der Waals surface area (Å²) in [6.45, 7) is 8.73. The van der Waals surface area contributed by atoms with Gasteiger partial charge in [0, 0.05) is 62.9 Å². The number of aliphatic carboxylic acids is 1. The van der Waals surface area contributed by atoms with Gasteiger partial charge in [-0.05, 0) is 43.4 Å². The molecule has 7 heterocycles. The van der Waals surface area contributed by atoms with Crippen molar-refractivity contribution < 1.29 is 24.2 Å². The van der Waals surface area contributed by atoms with E-state index in [-0.39, 0.29) is 47.9 Å². The minimum absolute atomic E-state index is 0.00362. The topological polar surface area (TPSA) is 121 Å². The van der Waals surface area contributed by atoms with Crippen molar-refractivity contribution >= 4 is 29.1 Å². The summed E-state index contributed by atoms with van der Waals surface area (Å²) >= 11 is 0. The van der Waals surface area contributed by atoms with Crippen LogP contribution < -0.4 is 4.90 Å². The highest BCUT2D eigenvalue weighted by Crippen LogP contribution is 2.59. The number of hydrogen-bond donors (Lipinski definition) is 1. The molecule has 1 N–H and O–H groups in total. The number of carbonyl (C=O) groups excluding carboxylic acids is 2. The second kappa shape index (κ2) is 9.26. The molecule has 2 bridgehead atoms. The average Bonchev–Trinajstić information content (AvgIpc) is 3.85. The van der Waals surface area contributed by atoms with Gasteiger partial charge < -0.3 is 24.5 Å². The van der Waals surface area contributed by atoms with Gasteiger partial charge in [0.15, 0.2) is 11.2 Å². The van der Waals surface area contributed by atoms with Crippen molar-refractivity contribution in [1.29, 1.82) is 0 Å². The number of aryl methyl sites for hydroxylation is 1. The van der Waals surface area contributed by atoms with Crippen molar-refractivity contribution in [3.63, 3.8) is 0 Å². The molecule has 6 aliphatic rings. The number of carboxylic acid groups (broad SMARTS) is 1. The highest BCUT2D eigenvalue weighted by Gasteiger charge is 2.71. The molecule has 9 rings (SSSR count). The third-order valence-electron chi connectivity index (χ3n) is 11.3. The van der Waals surface area contributed by atoms with E-state index in [4.69, 9.17) is 4.74 Å². The second-order valence-corrected chi connectivity index (χ2v) is 14.4. The van der Waals surface area contributed by atoms with Crippen LogP contribution in [0.25, 0.3) is 5.65 Å². The third kappa shape index (κ3) is 4.01. The molecular weight excluding hydrogens is 560 g/mol. The van der Waals surface area contributed by atoms with Crippen LogP contribution in [0.4, 0.5) is 5.69 Å². The van der Waals surface area contributed by atoms with E-state index in [0.29, 0.717) is 31.8 Å². The molecule has 6 fully saturated rings. The summed E-state index contributed by atoms with van der Waals surface area (Å²) in [7, 11) is 0. The molecule has 5 aliphatic heterocycles. The lowest BCUT2D eigenvalue weighted by Crippen LogP contribution is -2.56. The van der Waals surface area contributed by atoms with Crippen LogP contribution in [0.2, 0.25) is 0 Å². The van der Waals surface area contributed by atoms with Crippen LogP contribution >= 0.6 is 0 Å². The van der Waals surface area contributed by atoms with Gasteiger partial charge in [0.1, 0.15) is 0 Å². The zero-order valence-corrected chi connectivity index (χ0v) is 25.3. The molecule has 2 atom stereocenters. The molecule has 44 heavy (non-hydrogen) atoms. The largest absolute Gasteiger partial charge is 0.479 e. The number of hydrogen-bond acceptors (Lipinski definition) is 7. The fourth-order valence-electron chi connectivity index (χ4n) is 8.63. The summed E-state index contributed by atoms with van der Waals surface area (Å²) in [5, 5.41) is 14.1. The van der Waals surface area contributed by atoms with Crippen molar-refractivity contribution in [2.24, 2.45) is 10.8 Å². The van der Waals surface area contributed by atoms with E-state index in [9.17, 15) is 19.5 Å². The fraction of sp³-hybridized carbons (Fsp3) is 0.545. The average molecular weight is 599 g/mol. The number of fused-ring (bicyclic) bond motifs is 2. The summed E-state index contributed by atoms with van der Waals surface area (Å²) in [6, 6.07) is 12.8. The Morgan fingerprint density at radius 2 is 1.68 bits per heavy atom. The van der Waals surface area contributed by atoms with E-state index >= 15 is 0 Å². The molecule has 3 aromatic rings. The summed E-state index contributed by atoms with van der Waals surface area (Å²) in [6.07, 6.45) is 5.20. The maximum Gasteiger partial charge on any atom is 0.336 e. The first kappa shape index (κ1) is 27.6. The predicted molar refractivity (Wildman–Crippen MR) is 160 cm³/mol. The highest BCUT2D eigenvalue weighted by molar-refractivity contribution is 5.92. The van der Waals surface area contributed by atoms with Crippen molar-refractivity contribution in [3.8, 4) is 0 Å². The second-order valence-electron chi connectivity index (χ2n) is 14.4. The van der Waals surface area contributed by atoms with Crippen LogP contribution in [0.1, 0.15) is 60.8 Å². The number of pyridine rings is 1. The van der Waals surface area contributed by atoms with Gasteiger partial charge >= 0.3 is 5.97 Å². The van der Waals surface area contributed by atoms with Crippen molar-refractivity contribution in [1.82, 2.24) is 24.4 Å². The summed E-state index contributed by atoms with van der Waals surface area (Å²) in [4.78, 5) is 49.5. The minimum Gasteiger partial charge on any atom is -0.479 e. The van der Waals surface area contributed by atoms with E-state index in [1.54, 1.807) is 4.52 Å². The van der Waals surface area contributed by atoms with Crippen LogP contribution in [-0.4, -0.2) is 98.8 Å². The molecule has 11 nitrogen and oxygen atoms in total. The predicted octanol–water partition coefficient (Wildman–Crippen LogP) is 2.90. The van der Waals surface area contributed by atoms with Crippen LogP contribution in [-0.2, 0) is 19.7 Å². The zero-order chi connectivity index (χ0) is 30.5. The number of ether oxygens (including phenoxy) is 1. The molecule has 1 aromatic carbocycles. The maximum atomic E-state index is 13.7. The number of carboxylic acids is 1. The monoisotopic (exact) mass is 598 g/mol. The normalized spacial score (nSPS) is 32.6. The number of anilines is 1. The molecule has 5 saturated heterocycles.